The number of imide groups is 1. The zero-order valence-electron chi connectivity index (χ0n) is 14.5. The molecule has 1 atom stereocenters. The molecular formula is C19H19N3O4. The molecule has 0 aromatic heterocycles. The third-order valence-corrected chi connectivity index (χ3v) is 4.28. The van der Waals surface area contributed by atoms with E-state index in [0.717, 1.165) is 5.01 Å². The second-order valence-electron chi connectivity index (χ2n) is 6.14. The van der Waals surface area contributed by atoms with E-state index in [0.29, 0.717) is 23.5 Å². The van der Waals surface area contributed by atoms with Crippen LogP contribution in [0.3, 0.4) is 0 Å². The predicted octanol–water partition coefficient (Wildman–Crippen LogP) is 2.84. The van der Waals surface area contributed by atoms with Crippen LogP contribution in [0.5, 0.6) is 11.5 Å². The molecule has 1 aliphatic rings. The van der Waals surface area contributed by atoms with Gasteiger partial charge in [0.25, 0.3) is 11.8 Å². The molecule has 0 unspecified atom stereocenters. The first kappa shape index (κ1) is 17.5. The first-order valence-corrected chi connectivity index (χ1v) is 8.23. The van der Waals surface area contributed by atoms with Crippen molar-refractivity contribution in [2.75, 3.05) is 0 Å². The van der Waals surface area contributed by atoms with Crippen LogP contribution in [0, 0.1) is 0 Å². The van der Waals surface area contributed by atoms with Crippen molar-refractivity contribution in [1.82, 2.24) is 15.8 Å². The Kier molecular flexibility index (Phi) is 4.62. The fourth-order valence-electron chi connectivity index (χ4n) is 2.49. The zero-order valence-corrected chi connectivity index (χ0v) is 14.5. The Labute approximate surface area is 150 Å². The maximum absolute atomic E-state index is 12.3. The monoisotopic (exact) mass is 353 g/mol. The number of carbonyl (C=O) groups excluding carboxylic acids is 3. The first-order valence-electron chi connectivity index (χ1n) is 8.23. The summed E-state index contributed by atoms with van der Waals surface area (Å²) >= 11 is 0. The van der Waals surface area contributed by atoms with Gasteiger partial charge in [-0.25, -0.2) is 4.79 Å². The summed E-state index contributed by atoms with van der Waals surface area (Å²) in [7, 11) is 0. The van der Waals surface area contributed by atoms with Crippen LogP contribution in [0.25, 0.3) is 0 Å². The van der Waals surface area contributed by atoms with Crippen LogP contribution in [0.15, 0.2) is 54.6 Å². The fraction of sp³-hybridized carbons (Fsp3) is 0.211. The van der Waals surface area contributed by atoms with Crippen molar-refractivity contribution in [2.45, 2.75) is 25.8 Å². The molecular weight excluding hydrogens is 334 g/mol. The summed E-state index contributed by atoms with van der Waals surface area (Å²) in [5.41, 5.74) is 1.65. The molecule has 0 bridgehead atoms. The SMILES string of the molecule is CC[C@]1(C)NC(=O)N(NC(=O)c2ccc(Oc3ccccc3)cc2)C1=O. The molecule has 4 amide bonds. The third kappa shape index (κ3) is 3.37. The quantitative estimate of drug-likeness (QED) is 0.809. The number of hydrogen-bond acceptors (Lipinski definition) is 4. The smallest absolute Gasteiger partial charge is 0.344 e. The number of ether oxygens (including phenoxy) is 1. The Balaban J connectivity index is 1.67. The number of para-hydroxylation sites is 1. The molecule has 2 aromatic rings. The molecule has 1 heterocycles. The lowest BCUT2D eigenvalue weighted by Crippen LogP contribution is -2.48. The van der Waals surface area contributed by atoms with E-state index in [1.165, 1.54) is 0 Å². The largest absolute Gasteiger partial charge is 0.457 e. The van der Waals surface area contributed by atoms with E-state index < -0.39 is 23.4 Å². The van der Waals surface area contributed by atoms with Crippen molar-refractivity contribution in [2.24, 2.45) is 0 Å². The lowest BCUT2D eigenvalue weighted by atomic mass is 10.00. The third-order valence-electron chi connectivity index (χ3n) is 4.28. The molecule has 26 heavy (non-hydrogen) atoms. The summed E-state index contributed by atoms with van der Waals surface area (Å²) in [5, 5.41) is 3.30. The summed E-state index contributed by atoms with van der Waals surface area (Å²) in [4.78, 5) is 36.6. The van der Waals surface area contributed by atoms with Crippen LogP contribution >= 0.6 is 0 Å². The normalized spacial score (nSPS) is 19.2. The van der Waals surface area contributed by atoms with Crippen LogP contribution in [0.1, 0.15) is 30.6 Å². The predicted molar refractivity (Wildman–Crippen MR) is 94.5 cm³/mol. The van der Waals surface area contributed by atoms with Gasteiger partial charge >= 0.3 is 6.03 Å². The van der Waals surface area contributed by atoms with Crippen molar-refractivity contribution in [3.8, 4) is 11.5 Å². The van der Waals surface area contributed by atoms with Gasteiger partial charge in [0, 0.05) is 5.56 Å². The van der Waals surface area contributed by atoms with Crippen LogP contribution in [0.4, 0.5) is 4.79 Å². The highest BCUT2D eigenvalue weighted by Gasteiger charge is 2.47. The number of urea groups is 1. The minimum Gasteiger partial charge on any atom is -0.457 e. The van der Waals surface area contributed by atoms with Gasteiger partial charge in [-0.15, -0.1) is 0 Å². The first-order chi connectivity index (χ1) is 12.4. The van der Waals surface area contributed by atoms with E-state index in [-0.39, 0.29) is 0 Å². The Morgan fingerprint density at radius 2 is 1.69 bits per heavy atom. The molecule has 7 heteroatoms. The van der Waals surface area contributed by atoms with Crippen LogP contribution < -0.4 is 15.5 Å². The Morgan fingerprint density at radius 1 is 1.08 bits per heavy atom. The summed E-state index contributed by atoms with van der Waals surface area (Å²) in [6, 6.07) is 15.0. The van der Waals surface area contributed by atoms with Crippen molar-refractivity contribution >= 4 is 17.8 Å². The number of hydrazine groups is 1. The maximum atomic E-state index is 12.3. The summed E-state index contributed by atoms with van der Waals surface area (Å²) in [6.45, 7) is 3.41. The standard InChI is InChI=1S/C19H19N3O4/c1-3-19(2)17(24)22(18(25)20-19)21-16(23)13-9-11-15(12-10-13)26-14-7-5-4-6-8-14/h4-12H,3H2,1-2H3,(H,20,25)(H,21,23)/t19-/m0/s1. The molecule has 7 nitrogen and oxygen atoms in total. The molecule has 0 radical (unpaired) electrons. The number of carbonyl (C=O) groups is 3. The Hall–Kier alpha value is -3.35. The van der Waals surface area contributed by atoms with Gasteiger partial charge in [-0.05, 0) is 49.7 Å². The highest BCUT2D eigenvalue weighted by Crippen LogP contribution is 2.22. The molecule has 3 rings (SSSR count). The number of amides is 4. The molecule has 0 saturated carbocycles. The van der Waals surface area contributed by atoms with Gasteiger partial charge in [0.1, 0.15) is 17.0 Å². The molecule has 1 saturated heterocycles. The molecule has 0 aliphatic carbocycles. The Morgan fingerprint density at radius 3 is 2.27 bits per heavy atom. The second-order valence-corrected chi connectivity index (χ2v) is 6.14. The van der Waals surface area contributed by atoms with Gasteiger partial charge in [0.15, 0.2) is 0 Å². The average Bonchev–Trinajstić information content (AvgIpc) is 2.87. The van der Waals surface area contributed by atoms with Crippen LogP contribution in [-0.2, 0) is 4.79 Å². The lowest BCUT2D eigenvalue weighted by Gasteiger charge is -2.19. The van der Waals surface area contributed by atoms with Crippen molar-refractivity contribution in [3.63, 3.8) is 0 Å². The van der Waals surface area contributed by atoms with Crippen LogP contribution in [-0.4, -0.2) is 28.4 Å². The highest BCUT2D eigenvalue weighted by atomic mass is 16.5. The molecule has 134 valence electrons. The number of benzene rings is 2. The number of nitrogens with one attached hydrogen (secondary N) is 2. The minimum absolute atomic E-state index is 0.302. The number of nitrogens with zero attached hydrogens (tertiary/aromatic N) is 1. The molecule has 1 aliphatic heterocycles. The summed E-state index contributed by atoms with van der Waals surface area (Å²) < 4.78 is 5.66. The van der Waals surface area contributed by atoms with Gasteiger partial charge in [0.05, 0.1) is 0 Å². The van der Waals surface area contributed by atoms with E-state index in [2.05, 4.69) is 10.7 Å². The van der Waals surface area contributed by atoms with E-state index >= 15 is 0 Å². The molecule has 2 N–H and O–H groups in total. The molecule has 0 spiro atoms. The fourth-order valence-corrected chi connectivity index (χ4v) is 2.49. The Bertz CT molecular complexity index is 836. The number of rotatable bonds is 5. The van der Waals surface area contributed by atoms with Crippen molar-refractivity contribution < 1.29 is 19.1 Å². The lowest BCUT2D eigenvalue weighted by molar-refractivity contribution is -0.132. The van der Waals surface area contributed by atoms with E-state index in [4.69, 9.17) is 4.74 Å². The molecule has 2 aromatic carbocycles. The zero-order chi connectivity index (χ0) is 18.7. The van der Waals surface area contributed by atoms with Crippen LogP contribution in [0.2, 0.25) is 0 Å². The average molecular weight is 353 g/mol. The van der Waals surface area contributed by atoms with Crippen molar-refractivity contribution in [1.29, 1.82) is 0 Å². The summed E-state index contributed by atoms with van der Waals surface area (Å²) in [5.74, 6) is 0.215. The summed E-state index contributed by atoms with van der Waals surface area (Å²) in [6.07, 6.45) is 0.426. The van der Waals surface area contributed by atoms with Crippen molar-refractivity contribution in [3.05, 3.63) is 60.2 Å². The minimum atomic E-state index is -1.00. The van der Waals surface area contributed by atoms with Gasteiger partial charge in [-0.2, -0.15) is 5.01 Å². The van der Waals surface area contributed by atoms with E-state index in [1.807, 2.05) is 30.3 Å². The van der Waals surface area contributed by atoms with E-state index in [9.17, 15) is 14.4 Å². The van der Waals surface area contributed by atoms with Gasteiger partial charge < -0.3 is 10.1 Å². The van der Waals surface area contributed by atoms with E-state index in [1.54, 1.807) is 38.1 Å². The van der Waals surface area contributed by atoms with Gasteiger partial charge in [0.2, 0.25) is 0 Å². The van der Waals surface area contributed by atoms with Gasteiger partial charge in [-0.1, -0.05) is 25.1 Å². The second kappa shape index (κ2) is 6.87. The number of hydrogen-bond donors (Lipinski definition) is 2. The topological polar surface area (TPSA) is 87.7 Å². The highest BCUT2D eigenvalue weighted by molar-refractivity contribution is 6.09. The molecule has 1 fully saturated rings. The maximum Gasteiger partial charge on any atom is 0.344 e. The van der Waals surface area contributed by atoms with Gasteiger partial charge in [-0.3, -0.25) is 15.0 Å².